The number of hydrogen-bond donors (Lipinski definition) is 1. The molecule has 5 nitrogen and oxygen atoms in total. The van der Waals surface area contributed by atoms with Gasteiger partial charge in [-0.2, -0.15) is 5.10 Å². The summed E-state index contributed by atoms with van der Waals surface area (Å²) in [6.07, 6.45) is 7.06. The average molecular weight is 298 g/mol. The number of carbonyl (C=O) groups is 1. The number of aromatic nitrogens is 3. The zero-order valence-corrected chi connectivity index (χ0v) is 13.0. The molecule has 0 aromatic carbocycles. The van der Waals surface area contributed by atoms with Gasteiger partial charge in [-0.05, 0) is 49.9 Å². The molecular weight excluding hydrogens is 276 g/mol. The quantitative estimate of drug-likeness (QED) is 0.943. The Balaban J connectivity index is 1.56. The van der Waals surface area contributed by atoms with Crippen LogP contribution in [0, 0.1) is 6.92 Å². The Kier molecular flexibility index (Phi) is 4.51. The lowest BCUT2D eigenvalue weighted by Crippen LogP contribution is -2.39. The molecule has 3 rings (SSSR count). The summed E-state index contributed by atoms with van der Waals surface area (Å²) in [6.45, 7) is 3.67. The molecule has 1 fully saturated rings. The molecule has 2 aromatic heterocycles. The van der Waals surface area contributed by atoms with Gasteiger partial charge < -0.3 is 4.90 Å². The second-order valence-electron chi connectivity index (χ2n) is 6.01. The summed E-state index contributed by atoms with van der Waals surface area (Å²) in [5.74, 6) is 0.609. The molecule has 1 atom stereocenters. The Morgan fingerprint density at radius 2 is 2.23 bits per heavy atom. The molecule has 0 unspecified atom stereocenters. The average Bonchev–Trinajstić information content (AvgIpc) is 3.00. The number of rotatable bonds is 4. The lowest BCUT2D eigenvalue weighted by Gasteiger charge is -2.32. The van der Waals surface area contributed by atoms with Crippen LogP contribution in [0.4, 0.5) is 0 Å². The normalized spacial score (nSPS) is 18.4. The third-order valence-electron chi connectivity index (χ3n) is 4.30. The molecular formula is C17H22N4O. The van der Waals surface area contributed by atoms with Crippen LogP contribution in [0.3, 0.4) is 0 Å². The molecule has 5 heteroatoms. The fourth-order valence-corrected chi connectivity index (χ4v) is 3.05. The topological polar surface area (TPSA) is 61.9 Å². The highest BCUT2D eigenvalue weighted by atomic mass is 16.2. The van der Waals surface area contributed by atoms with Crippen molar-refractivity contribution in [1.82, 2.24) is 20.1 Å². The van der Waals surface area contributed by atoms with E-state index in [1.54, 1.807) is 12.4 Å². The van der Waals surface area contributed by atoms with Gasteiger partial charge >= 0.3 is 0 Å². The SMILES string of the molecule is Cc1cc([C@@H]2CCCN(C(=O)CCc3ccncc3)C2)n[nH]1. The van der Waals surface area contributed by atoms with Gasteiger partial charge in [0.05, 0.1) is 5.69 Å². The maximum atomic E-state index is 12.4. The summed E-state index contributed by atoms with van der Waals surface area (Å²) in [5, 5.41) is 7.35. The fourth-order valence-electron chi connectivity index (χ4n) is 3.05. The second kappa shape index (κ2) is 6.73. The van der Waals surface area contributed by atoms with E-state index in [4.69, 9.17) is 0 Å². The molecule has 116 valence electrons. The zero-order valence-electron chi connectivity index (χ0n) is 13.0. The molecule has 1 aliphatic heterocycles. The molecule has 2 aromatic rings. The van der Waals surface area contributed by atoms with E-state index < -0.39 is 0 Å². The molecule has 1 amide bonds. The molecule has 0 bridgehead atoms. The van der Waals surface area contributed by atoms with Crippen LogP contribution in [-0.4, -0.2) is 39.1 Å². The van der Waals surface area contributed by atoms with Crippen molar-refractivity contribution in [3.05, 3.63) is 47.5 Å². The first-order chi connectivity index (χ1) is 10.7. The van der Waals surface area contributed by atoms with E-state index >= 15 is 0 Å². The predicted molar refractivity (Wildman–Crippen MR) is 84.4 cm³/mol. The van der Waals surface area contributed by atoms with Crippen molar-refractivity contribution < 1.29 is 4.79 Å². The largest absolute Gasteiger partial charge is 0.342 e. The Labute approximate surface area is 130 Å². The first-order valence-electron chi connectivity index (χ1n) is 7.91. The number of amides is 1. The Bertz CT molecular complexity index is 623. The van der Waals surface area contributed by atoms with Crippen molar-refractivity contribution in [2.75, 3.05) is 13.1 Å². The molecule has 22 heavy (non-hydrogen) atoms. The number of aromatic amines is 1. The monoisotopic (exact) mass is 298 g/mol. The van der Waals surface area contributed by atoms with E-state index in [2.05, 4.69) is 21.2 Å². The Morgan fingerprint density at radius 3 is 2.95 bits per heavy atom. The van der Waals surface area contributed by atoms with Gasteiger partial charge in [-0.25, -0.2) is 0 Å². The number of nitrogens with zero attached hydrogens (tertiary/aromatic N) is 3. The lowest BCUT2D eigenvalue weighted by atomic mass is 9.94. The number of nitrogens with one attached hydrogen (secondary N) is 1. The third kappa shape index (κ3) is 3.53. The van der Waals surface area contributed by atoms with E-state index in [1.807, 2.05) is 24.0 Å². The highest BCUT2D eigenvalue weighted by molar-refractivity contribution is 5.76. The number of pyridine rings is 1. The summed E-state index contributed by atoms with van der Waals surface area (Å²) in [5.41, 5.74) is 3.33. The van der Waals surface area contributed by atoms with Gasteiger partial charge in [0.15, 0.2) is 0 Å². The number of hydrogen-bond acceptors (Lipinski definition) is 3. The number of carbonyl (C=O) groups excluding carboxylic acids is 1. The van der Waals surface area contributed by atoms with Crippen LogP contribution in [-0.2, 0) is 11.2 Å². The van der Waals surface area contributed by atoms with Gasteiger partial charge in [0.1, 0.15) is 0 Å². The maximum Gasteiger partial charge on any atom is 0.222 e. The van der Waals surface area contributed by atoms with Gasteiger partial charge in [-0.3, -0.25) is 14.9 Å². The van der Waals surface area contributed by atoms with Crippen molar-refractivity contribution in [3.8, 4) is 0 Å². The standard InChI is InChI=1S/C17H22N4O/c1-13-11-16(20-19-13)15-3-2-10-21(12-15)17(22)5-4-14-6-8-18-9-7-14/h6-9,11,15H,2-5,10,12H2,1H3,(H,19,20)/t15-/m1/s1. The van der Waals surface area contributed by atoms with Crippen LogP contribution in [0.2, 0.25) is 0 Å². The minimum Gasteiger partial charge on any atom is -0.342 e. The van der Waals surface area contributed by atoms with Gasteiger partial charge in [0, 0.05) is 43.5 Å². The van der Waals surface area contributed by atoms with E-state index in [9.17, 15) is 4.79 Å². The number of likely N-dealkylation sites (tertiary alicyclic amines) is 1. The molecule has 0 radical (unpaired) electrons. The van der Waals surface area contributed by atoms with Crippen LogP contribution in [0.1, 0.15) is 42.1 Å². The predicted octanol–water partition coefficient (Wildman–Crippen LogP) is 2.45. The molecule has 1 N–H and O–H groups in total. The third-order valence-corrected chi connectivity index (χ3v) is 4.30. The summed E-state index contributed by atoms with van der Waals surface area (Å²) >= 11 is 0. The minimum atomic E-state index is 0.244. The highest BCUT2D eigenvalue weighted by Crippen LogP contribution is 2.26. The number of H-pyrrole nitrogens is 1. The first kappa shape index (κ1) is 14.8. The maximum absolute atomic E-state index is 12.4. The summed E-state index contributed by atoms with van der Waals surface area (Å²) in [4.78, 5) is 18.4. The smallest absolute Gasteiger partial charge is 0.222 e. The van der Waals surface area contributed by atoms with Crippen LogP contribution in [0.25, 0.3) is 0 Å². The fraction of sp³-hybridized carbons (Fsp3) is 0.471. The van der Waals surface area contributed by atoms with Gasteiger partial charge in [0.2, 0.25) is 5.91 Å². The Hall–Kier alpha value is -2.17. The van der Waals surface area contributed by atoms with E-state index in [0.717, 1.165) is 43.7 Å². The summed E-state index contributed by atoms with van der Waals surface area (Å²) in [6, 6.07) is 6.03. The second-order valence-corrected chi connectivity index (χ2v) is 6.01. The highest BCUT2D eigenvalue weighted by Gasteiger charge is 2.25. The van der Waals surface area contributed by atoms with Crippen molar-refractivity contribution >= 4 is 5.91 Å². The molecule has 0 aliphatic carbocycles. The van der Waals surface area contributed by atoms with Crippen LogP contribution in [0.15, 0.2) is 30.6 Å². The van der Waals surface area contributed by atoms with E-state index in [-0.39, 0.29) is 5.91 Å². The van der Waals surface area contributed by atoms with Gasteiger partial charge in [-0.1, -0.05) is 0 Å². The molecule has 1 aliphatic rings. The van der Waals surface area contributed by atoms with E-state index in [0.29, 0.717) is 12.3 Å². The van der Waals surface area contributed by atoms with Gasteiger partial charge in [-0.15, -0.1) is 0 Å². The van der Waals surface area contributed by atoms with Crippen LogP contribution < -0.4 is 0 Å². The number of piperidine rings is 1. The Morgan fingerprint density at radius 1 is 1.41 bits per heavy atom. The van der Waals surface area contributed by atoms with Crippen molar-refractivity contribution in [2.45, 2.75) is 38.5 Å². The molecule has 1 saturated heterocycles. The summed E-state index contributed by atoms with van der Waals surface area (Å²) < 4.78 is 0. The lowest BCUT2D eigenvalue weighted by molar-refractivity contribution is -0.132. The first-order valence-corrected chi connectivity index (χ1v) is 7.91. The molecule has 0 spiro atoms. The number of aryl methyl sites for hydroxylation is 2. The zero-order chi connectivity index (χ0) is 15.4. The van der Waals surface area contributed by atoms with Crippen LogP contribution >= 0.6 is 0 Å². The van der Waals surface area contributed by atoms with Crippen LogP contribution in [0.5, 0.6) is 0 Å². The molecule has 0 saturated carbocycles. The van der Waals surface area contributed by atoms with Crippen molar-refractivity contribution in [1.29, 1.82) is 0 Å². The van der Waals surface area contributed by atoms with Crippen molar-refractivity contribution in [2.24, 2.45) is 0 Å². The summed E-state index contributed by atoms with van der Waals surface area (Å²) in [7, 11) is 0. The van der Waals surface area contributed by atoms with E-state index in [1.165, 1.54) is 5.56 Å². The molecule has 3 heterocycles. The van der Waals surface area contributed by atoms with Crippen molar-refractivity contribution in [3.63, 3.8) is 0 Å². The minimum absolute atomic E-state index is 0.244. The van der Waals surface area contributed by atoms with Gasteiger partial charge in [0.25, 0.3) is 0 Å².